The van der Waals surface area contributed by atoms with Crippen molar-refractivity contribution in [2.24, 2.45) is 0 Å². The van der Waals surface area contributed by atoms with Gasteiger partial charge in [-0.1, -0.05) is 24.6 Å². The number of aryl methyl sites for hydroxylation is 2. The van der Waals surface area contributed by atoms with Gasteiger partial charge in [-0.25, -0.2) is 0 Å². The van der Waals surface area contributed by atoms with E-state index >= 15 is 0 Å². The summed E-state index contributed by atoms with van der Waals surface area (Å²) in [7, 11) is 0. The lowest BCUT2D eigenvalue weighted by atomic mass is 10.0. The molecule has 0 saturated heterocycles. The summed E-state index contributed by atoms with van der Waals surface area (Å²) >= 11 is 0. The number of aliphatic hydroxyl groups is 2. The van der Waals surface area contributed by atoms with E-state index in [4.69, 9.17) is 4.74 Å². The van der Waals surface area contributed by atoms with Gasteiger partial charge in [-0.05, 0) is 56.4 Å². The predicted molar refractivity (Wildman–Crippen MR) is 111 cm³/mol. The molecule has 0 spiro atoms. The van der Waals surface area contributed by atoms with Crippen LogP contribution in [0.5, 0.6) is 5.75 Å². The van der Waals surface area contributed by atoms with E-state index in [1.54, 1.807) is 23.2 Å². The topological polar surface area (TPSA) is 82.9 Å². The third-order valence-corrected chi connectivity index (χ3v) is 5.33. The molecule has 6 heteroatoms. The molecule has 1 aliphatic rings. The minimum atomic E-state index is -1.01. The number of aliphatic hydroxyl groups excluding tert-OH is 2. The minimum absolute atomic E-state index is 0.0235. The first-order valence-electron chi connectivity index (χ1n) is 10.3. The van der Waals surface area contributed by atoms with Crippen molar-refractivity contribution < 1.29 is 19.7 Å². The smallest absolute Gasteiger partial charge is 0.253 e. The van der Waals surface area contributed by atoms with Crippen molar-refractivity contribution in [3.63, 3.8) is 0 Å². The summed E-state index contributed by atoms with van der Waals surface area (Å²) in [6.07, 6.45) is 3.73. The maximum Gasteiger partial charge on any atom is 0.253 e. The summed E-state index contributed by atoms with van der Waals surface area (Å²) in [5.74, 6) is 0.701. The van der Waals surface area contributed by atoms with Gasteiger partial charge in [-0.3, -0.25) is 9.78 Å². The highest BCUT2D eigenvalue weighted by Crippen LogP contribution is 2.22. The maximum atomic E-state index is 13.0. The Hall–Kier alpha value is -2.44. The second kappa shape index (κ2) is 10.4. The van der Waals surface area contributed by atoms with Gasteiger partial charge in [0.25, 0.3) is 5.91 Å². The Bertz CT molecular complexity index is 811. The predicted octanol–water partition coefficient (Wildman–Crippen LogP) is 2.75. The van der Waals surface area contributed by atoms with E-state index in [2.05, 4.69) is 4.98 Å². The quantitative estimate of drug-likeness (QED) is 0.772. The Morgan fingerprint density at radius 2 is 1.93 bits per heavy atom. The van der Waals surface area contributed by atoms with Gasteiger partial charge in [0.2, 0.25) is 0 Å². The van der Waals surface area contributed by atoms with E-state index in [9.17, 15) is 15.0 Å². The van der Waals surface area contributed by atoms with Crippen LogP contribution in [-0.2, 0) is 6.42 Å². The summed E-state index contributed by atoms with van der Waals surface area (Å²) in [5, 5.41) is 20.7. The summed E-state index contributed by atoms with van der Waals surface area (Å²) in [6.45, 7) is 2.89. The number of hydrogen-bond acceptors (Lipinski definition) is 5. The monoisotopic (exact) mass is 398 g/mol. The average molecular weight is 399 g/mol. The molecular formula is C23H30N2O4. The first-order valence-corrected chi connectivity index (χ1v) is 10.3. The van der Waals surface area contributed by atoms with Gasteiger partial charge in [0, 0.05) is 30.5 Å². The van der Waals surface area contributed by atoms with Crippen LogP contribution >= 0.6 is 0 Å². The van der Waals surface area contributed by atoms with Crippen molar-refractivity contribution in [2.45, 2.75) is 51.2 Å². The van der Waals surface area contributed by atoms with Gasteiger partial charge in [0.05, 0.1) is 6.10 Å². The molecule has 2 heterocycles. The molecule has 0 aliphatic carbocycles. The zero-order valence-electron chi connectivity index (χ0n) is 17.0. The third kappa shape index (κ3) is 6.02. The lowest BCUT2D eigenvalue weighted by molar-refractivity contribution is -0.0153. The Morgan fingerprint density at radius 3 is 2.76 bits per heavy atom. The Balaban J connectivity index is 1.71. The van der Waals surface area contributed by atoms with Gasteiger partial charge in [0.1, 0.15) is 18.5 Å². The lowest BCUT2D eigenvalue weighted by Gasteiger charge is -2.26. The number of rotatable bonds is 1. The second-order valence-electron chi connectivity index (χ2n) is 7.63. The minimum Gasteiger partial charge on any atom is -0.491 e. The number of carbonyl (C=O) groups excluding carboxylic acids is 1. The van der Waals surface area contributed by atoms with Crippen LogP contribution in [0.3, 0.4) is 0 Å². The summed E-state index contributed by atoms with van der Waals surface area (Å²) < 4.78 is 5.77. The molecule has 0 fully saturated rings. The summed E-state index contributed by atoms with van der Waals surface area (Å²) in [5.41, 5.74) is 2.50. The molecule has 2 atom stereocenters. The molecule has 0 unspecified atom stereocenters. The van der Waals surface area contributed by atoms with Crippen molar-refractivity contribution >= 4 is 5.91 Å². The number of amides is 1. The highest BCUT2D eigenvalue weighted by Gasteiger charge is 2.22. The highest BCUT2D eigenvalue weighted by atomic mass is 16.5. The van der Waals surface area contributed by atoms with Crippen LogP contribution in [0.25, 0.3) is 0 Å². The molecule has 1 aromatic heterocycles. The van der Waals surface area contributed by atoms with Gasteiger partial charge >= 0.3 is 0 Å². The average Bonchev–Trinajstić information content (AvgIpc) is 2.73. The normalized spacial score (nSPS) is 21.6. The van der Waals surface area contributed by atoms with Crippen LogP contribution in [0.1, 0.15) is 47.3 Å². The molecule has 1 aliphatic heterocycles. The molecule has 2 aromatic rings. The molecule has 6 nitrogen and oxygen atoms in total. The molecule has 156 valence electrons. The molecule has 29 heavy (non-hydrogen) atoms. The van der Waals surface area contributed by atoms with E-state index in [0.29, 0.717) is 25.1 Å². The van der Waals surface area contributed by atoms with Crippen molar-refractivity contribution in [1.82, 2.24) is 9.88 Å². The third-order valence-electron chi connectivity index (χ3n) is 5.33. The van der Waals surface area contributed by atoms with Crippen molar-refractivity contribution in [2.75, 3.05) is 19.7 Å². The molecule has 0 radical (unpaired) electrons. The number of carbonyl (C=O) groups is 1. The maximum absolute atomic E-state index is 13.0. The number of para-hydroxylation sites is 1. The number of benzene rings is 1. The SMILES string of the molecule is Cc1cc(C(=O)N2CCCCCc3ccccc3OC[C@@H](O)[C@@H](O)CC2)ccn1. The van der Waals surface area contributed by atoms with Gasteiger partial charge in [-0.2, -0.15) is 0 Å². The van der Waals surface area contributed by atoms with Crippen molar-refractivity contribution in [3.05, 3.63) is 59.4 Å². The molecule has 1 amide bonds. The molecule has 2 N–H and O–H groups in total. The van der Waals surface area contributed by atoms with Crippen LogP contribution in [0.15, 0.2) is 42.6 Å². The van der Waals surface area contributed by atoms with E-state index in [0.717, 1.165) is 42.7 Å². The Kier molecular flexibility index (Phi) is 7.61. The molecule has 1 aromatic carbocycles. The van der Waals surface area contributed by atoms with Gasteiger partial charge < -0.3 is 19.8 Å². The van der Waals surface area contributed by atoms with Gasteiger partial charge in [0.15, 0.2) is 0 Å². The number of aromatic nitrogens is 1. The second-order valence-corrected chi connectivity index (χ2v) is 7.63. The first kappa shape index (κ1) is 21.3. The number of ether oxygens (including phenoxy) is 1. The van der Waals surface area contributed by atoms with E-state index in [-0.39, 0.29) is 12.5 Å². The fourth-order valence-electron chi connectivity index (χ4n) is 3.59. The van der Waals surface area contributed by atoms with Crippen LogP contribution in [-0.4, -0.2) is 57.9 Å². The summed E-state index contributed by atoms with van der Waals surface area (Å²) in [4.78, 5) is 18.9. The summed E-state index contributed by atoms with van der Waals surface area (Å²) in [6, 6.07) is 11.3. The number of fused-ring (bicyclic) bond motifs is 1. The lowest BCUT2D eigenvalue weighted by Crippen LogP contribution is -2.38. The highest BCUT2D eigenvalue weighted by molar-refractivity contribution is 5.94. The molecular weight excluding hydrogens is 368 g/mol. The van der Waals surface area contributed by atoms with Crippen LogP contribution in [0, 0.1) is 6.92 Å². The van der Waals surface area contributed by atoms with Crippen LogP contribution < -0.4 is 4.74 Å². The van der Waals surface area contributed by atoms with Crippen molar-refractivity contribution in [3.8, 4) is 5.75 Å². The van der Waals surface area contributed by atoms with Crippen LogP contribution in [0.2, 0.25) is 0 Å². The van der Waals surface area contributed by atoms with Crippen molar-refractivity contribution in [1.29, 1.82) is 0 Å². The Labute approximate surface area is 172 Å². The molecule has 3 rings (SSSR count). The number of hydrogen-bond donors (Lipinski definition) is 2. The van der Waals surface area contributed by atoms with E-state index < -0.39 is 12.2 Å². The van der Waals surface area contributed by atoms with Crippen LogP contribution in [0.4, 0.5) is 0 Å². The van der Waals surface area contributed by atoms with E-state index in [1.807, 2.05) is 31.2 Å². The molecule has 0 saturated carbocycles. The zero-order chi connectivity index (χ0) is 20.6. The fraction of sp³-hybridized carbons (Fsp3) is 0.478. The molecule has 0 bridgehead atoms. The van der Waals surface area contributed by atoms with E-state index in [1.165, 1.54) is 0 Å². The zero-order valence-corrected chi connectivity index (χ0v) is 17.0. The fourth-order valence-corrected chi connectivity index (χ4v) is 3.59. The number of pyridine rings is 1. The number of nitrogens with zero attached hydrogens (tertiary/aromatic N) is 2. The standard InChI is InChI=1S/C23H30N2O4/c1-17-15-19(10-12-24-17)23(28)25-13-6-2-3-7-18-8-4-5-9-22(18)29-16-21(27)20(26)11-14-25/h4-5,8-10,12,15,20-21,26-27H,2-3,6-7,11,13-14,16H2,1H3/t20-,21+/m0/s1. The Morgan fingerprint density at radius 1 is 1.10 bits per heavy atom. The van der Waals surface area contributed by atoms with Gasteiger partial charge in [-0.15, -0.1) is 0 Å². The largest absolute Gasteiger partial charge is 0.491 e. The first-order chi connectivity index (χ1) is 14.0.